The van der Waals surface area contributed by atoms with Gasteiger partial charge in [-0.15, -0.1) is 0 Å². The summed E-state index contributed by atoms with van der Waals surface area (Å²) in [6.45, 7) is 3.82. The largest absolute Gasteiger partial charge is 0.378 e. The van der Waals surface area contributed by atoms with E-state index in [1.807, 2.05) is 0 Å². The van der Waals surface area contributed by atoms with E-state index in [0.29, 0.717) is 0 Å². The SMILES string of the molecule is Brc1ccc(C2=CCC3=C2CCC(N2CCOCC2)=C3)cc1. The molecule has 0 bridgehead atoms. The predicted molar refractivity (Wildman–Crippen MR) is 93.5 cm³/mol. The van der Waals surface area contributed by atoms with Crippen molar-refractivity contribution in [2.45, 2.75) is 19.3 Å². The third kappa shape index (κ3) is 2.68. The average Bonchev–Trinajstić information content (AvgIpc) is 2.99. The van der Waals surface area contributed by atoms with Crippen LogP contribution in [-0.4, -0.2) is 31.2 Å². The third-order valence-electron chi connectivity index (χ3n) is 4.78. The van der Waals surface area contributed by atoms with Gasteiger partial charge in [0, 0.05) is 23.3 Å². The molecular weight excluding hydrogens is 338 g/mol. The smallest absolute Gasteiger partial charge is 0.0642 e. The third-order valence-corrected chi connectivity index (χ3v) is 5.31. The fourth-order valence-corrected chi connectivity index (χ4v) is 3.88. The predicted octanol–water partition coefficient (Wildman–Crippen LogP) is 4.54. The van der Waals surface area contributed by atoms with Crippen molar-refractivity contribution in [3.63, 3.8) is 0 Å². The molecule has 1 aromatic carbocycles. The van der Waals surface area contributed by atoms with Crippen LogP contribution < -0.4 is 0 Å². The van der Waals surface area contributed by atoms with Crippen molar-refractivity contribution in [1.82, 2.24) is 4.90 Å². The Morgan fingerprint density at radius 2 is 1.77 bits per heavy atom. The first-order chi connectivity index (χ1) is 10.8. The van der Waals surface area contributed by atoms with Crippen molar-refractivity contribution >= 4 is 21.5 Å². The van der Waals surface area contributed by atoms with Crippen LogP contribution in [-0.2, 0) is 4.74 Å². The maximum Gasteiger partial charge on any atom is 0.0642 e. The van der Waals surface area contributed by atoms with Crippen LogP contribution in [0, 0.1) is 0 Å². The summed E-state index contributed by atoms with van der Waals surface area (Å²) in [6.07, 6.45) is 8.24. The Hall–Kier alpha value is -1.32. The van der Waals surface area contributed by atoms with Crippen LogP contribution in [0.1, 0.15) is 24.8 Å². The maximum absolute atomic E-state index is 5.47. The minimum absolute atomic E-state index is 0.867. The lowest BCUT2D eigenvalue weighted by Gasteiger charge is -2.33. The number of halogens is 1. The first-order valence-electron chi connectivity index (χ1n) is 8.03. The lowest BCUT2D eigenvalue weighted by molar-refractivity contribution is 0.0519. The molecule has 0 radical (unpaired) electrons. The highest BCUT2D eigenvalue weighted by Crippen LogP contribution is 2.41. The fraction of sp³-hybridized carbons (Fsp3) is 0.368. The molecule has 2 nitrogen and oxygen atoms in total. The molecule has 4 rings (SSSR count). The van der Waals surface area contributed by atoms with Crippen molar-refractivity contribution in [3.8, 4) is 0 Å². The van der Waals surface area contributed by atoms with E-state index in [-0.39, 0.29) is 0 Å². The Labute approximate surface area is 140 Å². The molecule has 3 heteroatoms. The van der Waals surface area contributed by atoms with Gasteiger partial charge in [-0.1, -0.05) is 34.1 Å². The molecule has 114 valence electrons. The summed E-state index contributed by atoms with van der Waals surface area (Å²) in [6, 6.07) is 8.69. The molecule has 1 fully saturated rings. The lowest BCUT2D eigenvalue weighted by atomic mass is 9.90. The van der Waals surface area contributed by atoms with Crippen molar-refractivity contribution in [2.24, 2.45) is 0 Å². The second-order valence-electron chi connectivity index (χ2n) is 6.07. The van der Waals surface area contributed by atoms with Gasteiger partial charge in [-0.2, -0.15) is 0 Å². The topological polar surface area (TPSA) is 12.5 Å². The molecule has 0 atom stereocenters. The summed E-state index contributed by atoms with van der Waals surface area (Å²) in [4.78, 5) is 2.50. The molecule has 0 amide bonds. The first-order valence-corrected chi connectivity index (χ1v) is 8.82. The second-order valence-corrected chi connectivity index (χ2v) is 6.98. The van der Waals surface area contributed by atoms with Crippen molar-refractivity contribution in [3.05, 3.63) is 63.3 Å². The van der Waals surface area contributed by atoms with Crippen molar-refractivity contribution in [2.75, 3.05) is 26.3 Å². The van der Waals surface area contributed by atoms with E-state index in [0.717, 1.165) is 43.6 Å². The Bertz CT molecular complexity index is 663. The van der Waals surface area contributed by atoms with Gasteiger partial charge in [-0.3, -0.25) is 0 Å². The fourth-order valence-electron chi connectivity index (χ4n) is 3.62. The molecule has 22 heavy (non-hydrogen) atoms. The number of hydrogen-bond donors (Lipinski definition) is 0. The zero-order valence-electron chi connectivity index (χ0n) is 12.6. The lowest BCUT2D eigenvalue weighted by Crippen LogP contribution is -2.36. The highest BCUT2D eigenvalue weighted by molar-refractivity contribution is 9.10. The standard InChI is InChI=1S/C19H20BrNO/c20-16-4-1-14(2-5-16)18-7-3-15-13-17(6-8-19(15)18)21-9-11-22-12-10-21/h1-2,4-5,7,13H,3,6,8-12H2. The number of hydrogen-bond acceptors (Lipinski definition) is 2. The van der Waals surface area contributed by atoms with Gasteiger partial charge >= 0.3 is 0 Å². The minimum atomic E-state index is 0.867. The summed E-state index contributed by atoms with van der Waals surface area (Å²) >= 11 is 3.52. The molecule has 0 unspecified atom stereocenters. The van der Waals surface area contributed by atoms with E-state index in [9.17, 15) is 0 Å². The quantitative estimate of drug-likeness (QED) is 0.770. The number of ether oxygens (including phenoxy) is 1. The molecule has 2 aliphatic carbocycles. The Morgan fingerprint density at radius 3 is 2.55 bits per heavy atom. The highest BCUT2D eigenvalue weighted by atomic mass is 79.9. The van der Waals surface area contributed by atoms with Gasteiger partial charge in [0.05, 0.1) is 13.2 Å². The highest BCUT2D eigenvalue weighted by Gasteiger charge is 2.24. The van der Waals surface area contributed by atoms with Gasteiger partial charge in [0.15, 0.2) is 0 Å². The average molecular weight is 358 g/mol. The number of rotatable bonds is 2. The number of allylic oxidation sites excluding steroid dienone is 6. The van der Waals surface area contributed by atoms with Crippen LogP contribution in [0.15, 0.2) is 57.7 Å². The van der Waals surface area contributed by atoms with E-state index >= 15 is 0 Å². The molecule has 0 saturated carbocycles. The van der Waals surface area contributed by atoms with Gasteiger partial charge in [0.25, 0.3) is 0 Å². The van der Waals surface area contributed by atoms with Gasteiger partial charge in [-0.25, -0.2) is 0 Å². The number of nitrogens with zero attached hydrogens (tertiary/aromatic N) is 1. The molecule has 0 N–H and O–H groups in total. The van der Waals surface area contributed by atoms with Crippen molar-refractivity contribution < 1.29 is 4.74 Å². The van der Waals surface area contributed by atoms with E-state index in [4.69, 9.17) is 4.74 Å². The Kier molecular flexibility index (Phi) is 3.93. The van der Waals surface area contributed by atoms with Crippen molar-refractivity contribution in [1.29, 1.82) is 0 Å². The second kappa shape index (κ2) is 6.05. The zero-order valence-corrected chi connectivity index (χ0v) is 14.2. The summed E-state index contributed by atoms with van der Waals surface area (Å²) in [5.74, 6) is 0. The molecular formula is C19H20BrNO. The maximum atomic E-state index is 5.47. The summed E-state index contributed by atoms with van der Waals surface area (Å²) in [5, 5.41) is 0. The summed E-state index contributed by atoms with van der Waals surface area (Å²) in [5.41, 5.74) is 7.37. The molecule has 3 aliphatic rings. The number of benzene rings is 1. The zero-order chi connectivity index (χ0) is 14.9. The van der Waals surface area contributed by atoms with Crippen LogP contribution >= 0.6 is 15.9 Å². The van der Waals surface area contributed by atoms with E-state index in [2.05, 4.69) is 57.2 Å². The molecule has 1 aliphatic heterocycles. The van der Waals surface area contributed by atoms with Crippen LogP contribution in [0.2, 0.25) is 0 Å². The van der Waals surface area contributed by atoms with Gasteiger partial charge < -0.3 is 9.64 Å². The monoisotopic (exact) mass is 357 g/mol. The van der Waals surface area contributed by atoms with Crippen LogP contribution in [0.4, 0.5) is 0 Å². The first kappa shape index (κ1) is 14.3. The molecule has 1 aromatic rings. The van der Waals surface area contributed by atoms with Gasteiger partial charge in [0.1, 0.15) is 0 Å². The molecule has 1 saturated heterocycles. The molecule has 0 aromatic heterocycles. The Balaban J connectivity index is 1.58. The van der Waals surface area contributed by atoms with Gasteiger partial charge in [0.2, 0.25) is 0 Å². The van der Waals surface area contributed by atoms with Crippen LogP contribution in [0.25, 0.3) is 5.57 Å². The normalized spacial score (nSPS) is 21.6. The minimum Gasteiger partial charge on any atom is -0.378 e. The summed E-state index contributed by atoms with van der Waals surface area (Å²) in [7, 11) is 0. The molecule has 0 spiro atoms. The van der Waals surface area contributed by atoms with E-state index in [1.54, 1.807) is 5.57 Å². The van der Waals surface area contributed by atoms with E-state index < -0.39 is 0 Å². The van der Waals surface area contributed by atoms with E-state index in [1.165, 1.54) is 28.8 Å². The summed E-state index contributed by atoms with van der Waals surface area (Å²) < 4.78 is 6.61. The number of morpholine rings is 1. The van der Waals surface area contributed by atoms with Crippen LogP contribution in [0.5, 0.6) is 0 Å². The molecule has 1 heterocycles. The van der Waals surface area contributed by atoms with Crippen LogP contribution in [0.3, 0.4) is 0 Å². The van der Waals surface area contributed by atoms with Gasteiger partial charge in [-0.05, 0) is 59.8 Å². The Morgan fingerprint density at radius 1 is 1.00 bits per heavy atom.